The van der Waals surface area contributed by atoms with Crippen molar-refractivity contribution in [1.82, 2.24) is 0 Å². The van der Waals surface area contributed by atoms with Gasteiger partial charge in [0.25, 0.3) is 0 Å². The van der Waals surface area contributed by atoms with Crippen molar-refractivity contribution in [3.05, 3.63) is 326 Å². The lowest BCUT2D eigenvalue weighted by molar-refractivity contribution is -0.660. The molecule has 130 heavy (non-hydrogen) atoms. The molecule has 10 aromatic heterocycles. The molecule has 0 aliphatic heterocycles. The normalized spacial score (nSPS) is 11.8. The average molecular weight is 1750 g/mol. The predicted molar refractivity (Wildman–Crippen MR) is 510 cm³/mol. The van der Waals surface area contributed by atoms with Gasteiger partial charge in [0.05, 0.1) is 38.6 Å². The molecule has 660 valence electrons. The summed E-state index contributed by atoms with van der Waals surface area (Å²) < 4.78 is 139. The molecule has 10 aromatic carbocycles. The highest BCUT2D eigenvalue weighted by Gasteiger charge is 2.31. The number of nitrogens with zero attached hydrogens (tertiary/aromatic N) is 5. The van der Waals surface area contributed by atoms with Gasteiger partial charge >= 0.3 is 0 Å². The molecule has 0 fully saturated rings. The van der Waals surface area contributed by atoms with Crippen molar-refractivity contribution in [2.24, 2.45) is 35.2 Å². The van der Waals surface area contributed by atoms with Crippen molar-refractivity contribution >= 4 is 110 Å². The number of fused-ring (bicyclic) bond motifs is 15. The van der Waals surface area contributed by atoms with E-state index in [9.17, 15) is 30.7 Å². The smallest absolute Gasteiger partial charge is 0.216 e. The zero-order valence-corrected chi connectivity index (χ0v) is 78.0. The quantitative estimate of drug-likeness (QED) is 0.101. The van der Waals surface area contributed by atoms with Crippen molar-refractivity contribution in [2.45, 2.75) is 154 Å². The molecule has 0 amide bonds. The van der Waals surface area contributed by atoms with Crippen LogP contribution in [0.15, 0.2) is 235 Å². The first-order chi connectivity index (χ1) is 61.8. The molecule has 0 spiro atoms. The lowest BCUT2D eigenvalue weighted by Crippen LogP contribution is -2.31. The summed E-state index contributed by atoms with van der Waals surface area (Å²) in [5.41, 5.74) is 29.7. The number of aromatic nitrogens is 5. The van der Waals surface area contributed by atoms with Crippen LogP contribution in [-0.4, -0.2) is 0 Å². The van der Waals surface area contributed by atoms with E-state index in [0.717, 1.165) is 145 Å². The summed E-state index contributed by atoms with van der Waals surface area (Å²) in [6.45, 7) is 37.4. The second-order valence-corrected chi connectivity index (χ2v) is 36.5. The number of rotatable bonds is 10. The van der Waals surface area contributed by atoms with Crippen molar-refractivity contribution in [2.75, 3.05) is 0 Å². The zero-order valence-electron chi connectivity index (χ0n) is 78.0. The summed E-state index contributed by atoms with van der Waals surface area (Å²) in [6, 6.07) is 55.6. The van der Waals surface area contributed by atoms with Gasteiger partial charge in [0.2, 0.25) is 28.5 Å². The van der Waals surface area contributed by atoms with Crippen LogP contribution in [0.2, 0.25) is 0 Å². The minimum Gasteiger partial charge on any atom is -0.455 e. The van der Waals surface area contributed by atoms with Gasteiger partial charge in [-0.1, -0.05) is 118 Å². The van der Waals surface area contributed by atoms with Crippen LogP contribution in [0.1, 0.15) is 171 Å². The second kappa shape index (κ2) is 35.5. The molecule has 0 radical (unpaired) electrons. The first-order valence-electron chi connectivity index (χ1n) is 44.3. The van der Waals surface area contributed by atoms with E-state index in [0.29, 0.717) is 95.8 Å². The fraction of sp³-hybridized carbons (Fsp3) is 0.248. The van der Waals surface area contributed by atoms with Gasteiger partial charge in [-0.25, -0.2) is 53.6 Å². The Morgan fingerprint density at radius 3 is 0.977 bits per heavy atom. The maximum absolute atomic E-state index is 14.8. The number of hydrogen-bond donors (Lipinski definition) is 0. The summed E-state index contributed by atoms with van der Waals surface area (Å²) in [7, 11) is 10.1. The van der Waals surface area contributed by atoms with Crippen LogP contribution >= 0.6 is 0 Å². The SMILES string of the molecule is Cc1cc(F)c2c(oc3cc(F)ccc32)c1-c1cc(C(C)C)cc[n+]1C.Cc1cc2c(cc1F)oc1c(-c3cc(C(C)C)cc[n+]3C)c(C)ccc12.Cc1ccc2c(oc3c(C)c(F)ccc32)c1-c1cc(C(C)C)cc[n+]1C.Cc1ccc2c(oc3cc(F)cc(C)c32)c1-c1cc(C(C)C)cc[n+]1C.Cc1ccc2c(oc3cc(F)cc(F)c32)c1-c1cc(C(C)C)cc[n+]1C. The van der Waals surface area contributed by atoms with Crippen molar-refractivity contribution < 1.29 is 75.7 Å². The summed E-state index contributed by atoms with van der Waals surface area (Å²) in [5, 5.41) is 7.97. The Labute approximate surface area is 752 Å². The van der Waals surface area contributed by atoms with E-state index in [1.165, 1.54) is 70.3 Å². The topological polar surface area (TPSA) is 85.1 Å². The average Bonchev–Trinajstić information content (AvgIpc) is 1.62. The van der Waals surface area contributed by atoms with Gasteiger partial charge in [0.1, 0.15) is 126 Å². The highest BCUT2D eigenvalue weighted by Crippen LogP contribution is 2.46. The van der Waals surface area contributed by atoms with Gasteiger partial charge in [0, 0.05) is 140 Å². The van der Waals surface area contributed by atoms with E-state index < -0.39 is 17.5 Å². The highest BCUT2D eigenvalue weighted by atomic mass is 19.2. The van der Waals surface area contributed by atoms with Crippen LogP contribution in [0, 0.1) is 96.1 Å². The maximum atomic E-state index is 14.8. The molecule has 0 aliphatic rings. The van der Waals surface area contributed by atoms with E-state index in [4.69, 9.17) is 22.1 Å². The molecule has 0 unspecified atom stereocenters. The number of pyridine rings is 5. The fourth-order valence-electron chi connectivity index (χ4n) is 18.0. The Bertz CT molecular complexity index is 7640. The summed E-state index contributed by atoms with van der Waals surface area (Å²) in [4.78, 5) is 0. The van der Waals surface area contributed by atoms with Crippen LogP contribution < -0.4 is 22.8 Å². The Balaban J connectivity index is 0.000000119. The van der Waals surface area contributed by atoms with Crippen LogP contribution in [0.5, 0.6) is 0 Å². The second-order valence-electron chi connectivity index (χ2n) is 36.5. The minimum atomic E-state index is -0.639. The van der Waals surface area contributed by atoms with Gasteiger partial charge in [-0.05, 0) is 194 Å². The molecule has 0 aliphatic carbocycles. The van der Waals surface area contributed by atoms with Gasteiger partial charge in [-0.15, -0.1) is 0 Å². The number of furan rings is 5. The summed E-state index contributed by atoms with van der Waals surface area (Å²) in [6.07, 6.45) is 10.3. The standard InChI is InChI=1S/3C23H23FNO.2C22H20F2NO/c1-13(2)16-8-9-25(5)19(11-16)22-14(3)6-7-18-21-15(4)10-17(24)12-20(21)26-23(18)22;1-13(2)16-8-9-25(5)20(11-16)22-14(3)6-7-17-18-10-15(4)19(24)12-21(18)26-23(17)22;1-13(2)16-10-11-25(5)20(12-16)21-14(3)6-7-18-17-8-9-19(24)15(4)22(17)26-23(18)21;1-12(2)14-7-8-25(4)18(10-14)20-13(3)9-17(24)21-16-6-5-15(23)11-19(16)26-22(20)21;1-12(2)14-7-8-25(4)18(9-14)20-13(3)5-6-16-21-17(24)10-15(23)11-19(21)26-22(16)20/h3*6-13H,1-5H3;2*5-12H,1-4H3/q5*+1. The van der Waals surface area contributed by atoms with E-state index in [1.807, 2.05) is 102 Å². The van der Waals surface area contributed by atoms with E-state index >= 15 is 0 Å². The Morgan fingerprint density at radius 1 is 0.215 bits per heavy atom. The van der Waals surface area contributed by atoms with Crippen LogP contribution in [-0.2, 0) is 35.2 Å². The molecule has 0 saturated heterocycles. The van der Waals surface area contributed by atoms with Crippen LogP contribution in [0.4, 0.5) is 30.7 Å². The number of benzene rings is 10. The fourth-order valence-corrected chi connectivity index (χ4v) is 18.0. The molecular weight excluding hydrogens is 1640 g/mol. The van der Waals surface area contributed by atoms with E-state index in [-0.39, 0.29) is 28.9 Å². The lowest BCUT2D eigenvalue weighted by atomic mass is 9.96. The van der Waals surface area contributed by atoms with Gasteiger partial charge < -0.3 is 22.1 Å². The monoisotopic (exact) mass is 1750 g/mol. The summed E-state index contributed by atoms with van der Waals surface area (Å²) >= 11 is 0. The van der Waals surface area contributed by atoms with Gasteiger partial charge in [0.15, 0.2) is 36.6 Å². The third-order valence-corrected chi connectivity index (χ3v) is 25.6. The number of hydrogen-bond acceptors (Lipinski definition) is 5. The Kier molecular flexibility index (Phi) is 24.5. The molecule has 0 N–H and O–H groups in total. The highest BCUT2D eigenvalue weighted by molar-refractivity contribution is 6.15. The minimum absolute atomic E-state index is 0.229. The third kappa shape index (κ3) is 16.7. The molecule has 20 aromatic rings. The Morgan fingerprint density at radius 2 is 0.538 bits per heavy atom. The first kappa shape index (κ1) is 89.8. The van der Waals surface area contributed by atoms with E-state index in [1.54, 1.807) is 26.0 Å². The summed E-state index contributed by atoms with van der Waals surface area (Å²) in [5.74, 6) is -0.632. The lowest BCUT2D eigenvalue weighted by Gasteiger charge is -2.09. The zero-order chi connectivity index (χ0) is 92.9. The third-order valence-electron chi connectivity index (χ3n) is 25.6. The Hall–Kier alpha value is -13.5. The van der Waals surface area contributed by atoms with Crippen molar-refractivity contribution in [3.63, 3.8) is 0 Å². The molecule has 10 nitrogen and oxygen atoms in total. The molecule has 17 heteroatoms. The van der Waals surface area contributed by atoms with Crippen molar-refractivity contribution in [3.8, 4) is 56.3 Å². The first-order valence-corrected chi connectivity index (χ1v) is 44.3. The van der Waals surface area contributed by atoms with Gasteiger partial charge in [-0.2, -0.15) is 0 Å². The van der Waals surface area contributed by atoms with Crippen LogP contribution in [0.25, 0.3) is 166 Å². The molecule has 10 heterocycles. The maximum Gasteiger partial charge on any atom is 0.216 e. The van der Waals surface area contributed by atoms with Gasteiger partial charge in [-0.3, -0.25) is 0 Å². The molecule has 0 atom stereocenters. The molecule has 20 rings (SSSR count). The molecular formula is C113H109F7N5O5+5. The number of aryl methyl sites for hydroxylation is 13. The molecule has 0 bridgehead atoms. The van der Waals surface area contributed by atoms with E-state index in [2.05, 4.69) is 219 Å². The largest absolute Gasteiger partial charge is 0.455 e. The van der Waals surface area contributed by atoms with Crippen LogP contribution in [0.3, 0.4) is 0 Å². The molecule has 0 saturated carbocycles. The predicted octanol–water partition coefficient (Wildman–Crippen LogP) is 29.4. The number of halogens is 7. The van der Waals surface area contributed by atoms with Crippen molar-refractivity contribution in [1.29, 1.82) is 0 Å².